The highest BCUT2D eigenvalue weighted by Gasteiger charge is 2.25. The van der Waals surface area contributed by atoms with Crippen LogP contribution in [0.4, 0.5) is 5.69 Å². The van der Waals surface area contributed by atoms with Gasteiger partial charge >= 0.3 is 0 Å². The maximum atomic E-state index is 12.5. The molecule has 0 unspecified atom stereocenters. The average molecular weight is 389 g/mol. The summed E-state index contributed by atoms with van der Waals surface area (Å²) >= 11 is 1.47. The zero-order valence-electron chi connectivity index (χ0n) is 14.1. The zero-order chi connectivity index (χ0) is 18.9. The predicted octanol–water partition coefficient (Wildman–Crippen LogP) is 3.10. The van der Waals surface area contributed by atoms with Crippen LogP contribution in [0.3, 0.4) is 0 Å². The normalized spacial score (nSPS) is 12.7. The van der Waals surface area contributed by atoms with Crippen LogP contribution in [-0.2, 0) is 10.0 Å². The largest absolute Gasteiger partial charge is 0.596 e. The van der Waals surface area contributed by atoms with Crippen molar-refractivity contribution < 1.29 is 13.5 Å². The topological polar surface area (TPSA) is 119 Å². The molecule has 0 fully saturated rings. The van der Waals surface area contributed by atoms with Gasteiger partial charge in [-0.25, -0.2) is 13.4 Å². The molecule has 0 aliphatic rings. The fraction of sp³-hybridized carbons (Fsp3) is 0.118. The molecule has 1 aromatic carbocycles. The maximum Gasteiger partial charge on any atom is 0.272 e. The molecule has 0 aliphatic carbocycles. The smallest absolute Gasteiger partial charge is 0.272 e. The molecule has 2 aromatic heterocycles. The first-order valence-electron chi connectivity index (χ1n) is 7.60. The van der Waals surface area contributed by atoms with Gasteiger partial charge < -0.3 is 10.5 Å². The Balaban J connectivity index is 1.97. The number of benzene rings is 1. The molecule has 2 heterocycles. The Morgan fingerprint density at radius 2 is 2.04 bits per heavy atom. The average Bonchev–Trinajstić information content (AvgIpc) is 2.97. The van der Waals surface area contributed by atoms with Crippen LogP contribution >= 0.6 is 11.3 Å². The van der Waals surface area contributed by atoms with Gasteiger partial charge in [-0.05, 0) is 25.1 Å². The van der Waals surface area contributed by atoms with Crippen LogP contribution in [0.1, 0.15) is 13.8 Å². The van der Waals surface area contributed by atoms with E-state index in [1.807, 2.05) is 12.1 Å². The second kappa shape index (κ2) is 6.85. The van der Waals surface area contributed by atoms with Gasteiger partial charge in [0.2, 0.25) is 5.76 Å². The van der Waals surface area contributed by atoms with Gasteiger partial charge in [-0.2, -0.15) is 0 Å². The molecule has 0 amide bonds. The van der Waals surface area contributed by atoms with E-state index in [2.05, 4.69) is 14.7 Å². The fourth-order valence-corrected chi connectivity index (χ4v) is 4.78. The van der Waals surface area contributed by atoms with E-state index in [4.69, 9.17) is 10.5 Å². The van der Waals surface area contributed by atoms with E-state index in [1.165, 1.54) is 25.2 Å². The monoisotopic (exact) mass is 389 g/mol. The van der Waals surface area contributed by atoms with Crippen LogP contribution in [0.25, 0.3) is 20.8 Å². The Morgan fingerprint density at radius 3 is 2.69 bits per heavy atom. The molecule has 0 aliphatic heterocycles. The van der Waals surface area contributed by atoms with Crippen molar-refractivity contribution in [2.75, 3.05) is 4.72 Å². The van der Waals surface area contributed by atoms with Crippen molar-refractivity contribution in [3.05, 3.63) is 53.4 Å². The minimum absolute atomic E-state index is 0.181. The van der Waals surface area contributed by atoms with Crippen molar-refractivity contribution in [1.82, 2.24) is 9.97 Å². The molecule has 3 aromatic rings. The van der Waals surface area contributed by atoms with Gasteiger partial charge in [0.1, 0.15) is 5.01 Å². The molecular weight excluding hydrogens is 372 g/mol. The highest BCUT2D eigenvalue weighted by molar-refractivity contribution is 7.97. The molecule has 0 saturated heterocycles. The molecule has 9 heteroatoms. The molecule has 4 N–H and O–H groups in total. The SMILES string of the molecule is CC(=N)/C(=C(/C)[OH2+])S(=O)(=O)Nc1cccc(-c2nc3ccncc3s2)c1. The van der Waals surface area contributed by atoms with Crippen LogP contribution in [0, 0.1) is 5.41 Å². The first-order valence-corrected chi connectivity index (χ1v) is 9.90. The highest BCUT2D eigenvalue weighted by Crippen LogP contribution is 2.31. The van der Waals surface area contributed by atoms with Crippen LogP contribution in [0.2, 0.25) is 0 Å². The van der Waals surface area contributed by atoms with E-state index in [1.54, 1.807) is 30.6 Å². The number of thiazole rings is 1. The number of pyridine rings is 1. The third kappa shape index (κ3) is 3.58. The second-order valence-corrected chi connectivity index (χ2v) is 8.28. The zero-order valence-corrected chi connectivity index (χ0v) is 15.7. The summed E-state index contributed by atoms with van der Waals surface area (Å²) < 4.78 is 28.4. The number of hydrogen-bond acceptors (Lipinski definition) is 6. The standard InChI is InChI=1S/C17H16N4O3S2/c1-10(18)16(11(2)22)26(23,24)21-13-5-3-4-12(8-13)17-20-14-6-7-19-9-15(14)25-17/h3-9,18,21-22H,1-2H3/p+1/b16-11+,18-10?. The number of hydrogen-bond donors (Lipinski definition) is 2. The Kier molecular flexibility index (Phi) is 4.75. The Labute approximate surface area is 154 Å². The summed E-state index contributed by atoms with van der Waals surface area (Å²) in [6.45, 7) is 2.69. The van der Waals surface area contributed by atoms with E-state index in [-0.39, 0.29) is 16.4 Å². The summed E-state index contributed by atoms with van der Waals surface area (Å²) in [5, 5.41) is 16.0. The van der Waals surface area contributed by atoms with E-state index in [0.29, 0.717) is 5.69 Å². The number of nitrogens with zero attached hydrogens (tertiary/aromatic N) is 2. The van der Waals surface area contributed by atoms with Crippen molar-refractivity contribution in [1.29, 1.82) is 5.41 Å². The van der Waals surface area contributed by atoms with Gasteiger partial charge in [0.15, 0.2) is 4.91 Å². The molecule has 0 radical (unpaired) electrons. The number of nitrogens with one attached hydrogen (secondary N) is 2. The Bertz CT molecular complexity index is 1100. The number of aromatic nitrogens is 2. The van der Waals surface area contributed by atoms with Gasteiger partial charge in [-0.3, -0.25) is 9.71 Å². The first kappa shape index (κ1) is 18.0. The minimum Gasteiger partial charge on any atom is -0.596 e. The molecule has 0 bridgehead atoms. The molecule has 0 atom stereocenters. The van der Waals surface area contributed by atoms with E-state index in [9.17, 15) is 8.42 Å². The minimum atomic E-state index is -4.01. The summed E-state index contributed by atoms with van der Waals surface area (Å²) in [4.78, 5) is 8.29. The number of allylic oxidation sites excluding steroid dienone is 2. The third-order valence-corrected chi connectivity index (χ3v) is 6.21. The number of anilines is 1. The summed E-state index contributed by atoms with van der Waals surface area (Å²) in [5.41, 5.74) is 1.77. The van der Waals surface area contributed by atoms with Gasteiger partial charge in [0.25, 0.3) is 10.0 Å². The van der Waals surface area contributed by atoms with Crippen molar-refractivity contribution in [2.45, 2.75) is 13.8 Å². The predicted molar refractivity (Wildman–Crippen MR) is 105 cm³/mol. The molecule has 7 nitrogen and oxygen atoms in total. The lowest BCUT2D eigenvalue weighted by molar-refractivity contribution is 0.413. The quantitative estimate of drug-likeness (QED) is 0.396. The molecule has 0 saturated carbocycles. The van der Waals surface area contributed by atoms with Crippen molar-refractivity contribution >= 4 is 43.0 Å². The fourth-order valence-electron chi connectivity index (χ4n) is 2.51. The molecule has 3 rings (SSSR count). The van der Waals surface area contributed by atoms with E-state index < -0.39 is 10.0 Å². The van der Waals surface area contributed by atoms with Gasteiger partial charge in [0, 0.05) is 30.6 Å². The lowest BCUT2D eigenvalue weighted by Crippen LogP contribution is -2.20. The summed E-state index contributed by atoms with van der Waals surface area (Å²) in [6, 6.07) is 8.69. The van der Waals surface area contributed by atoms with Crippen LogP contribution in [0.5, 0.6) is 0 Å². The molecule has 134 valence electrons. The van der Waals surface area contributed by atoms with Crippen LogP contribution in [-0.4, -0.2) is 29.2 Å². The van der Waals surface area contributed by atoms with Gasteiger partial charge in [-0.1, -0.05) is 12.1 Å². The molecular formula is C17H17N4O3S2+. The van der Waals surface area contributed by atoms with Crippen molar-refractivity contribution in [2.24, 2.45) is 0 Å². The van der Waals surface area contributed by atoms with E-state index in [0.717, 1.165) is 20.8 Å². The lowest BCUT2D eigenvalue weighted by atomic mass is 10.2. The van der Waals surface area contributed by atoms with Gasteiger partial charge in [-0.15, -0.1) is 11.3 Å². The Hall–Kier alpha value is -2.78. The second-order valence-electron chi connectivity index (χ2n) is 5.63. The first-order chi connectivity index (χ1) is 12.3. The molecule has 0 spiro atoms. The number of sulfonamides is 1. The summed E-state index contributed by atoms with van der Waals surface area (Å²) in [5.74, 6) is -0.181. The lowest BCUT2D eigenvalue weighted by Gasteiger charge is -2.10. The summed E-state index contributed by atoms with van der Waals surface area (Å²) in [7, 11) is -4.01. The summed E-state index contributed by atoms with van der Waals surface area (Å²) in [6.07, 6.45) is 3.41. The maximum absolute atomic E-state index is 12.5. The highest BCUT2D eigenvalue weighted by atomic mass is 32.2. The molecule has 26 heavy (non-hydrogen) atoms. The van der Waals surface area contributed by atoms with Crippen LogP contribution in [0.15, 0.2) is 53.4 Å². The van der Waals surface area contributed by atoms with Crippen molar-refractivity contribution in [3.8, 4) is 10.6 Å². The Morgan fingerprint density at radius 1 is 1.27 bits per heavy atom. The van der Waals surface area contributed by atoms with Crippen LogP contribution < -0.4 is 4.72 Å². The number of fused-ring (bicyclic) bond motifs is 1. The number of rotatable bonds is 5. The van der Waals surface area contributed by atoms with Gasteiger partial charge in [0.05, 0.1) is 15.9 Å². The van der Waals surface area contributed by atoms with E-state index >= 15 is 0 Å². The van der Waals surface area contributed by atoms with Crippen molar-refractivity contribution in [3.63, 3.8) is 0 Å². The third-order valence-electron chi connectivity index (χ3n) is 3.50.